The molecule has 0 fully saturated rings. The van der Waals surface area contributed by atoms with Crippen molar-refractivity contribution >= 4 is 17.3 Å². The Bertz CT molecular complexity index is 452. The van der Waals surface area contributed by atoms with Gasteiger partial charge in [0.15, 0.2) is 11.6 Å². The lowest BCUT2D eigenvalue weighted by Crippen LogP contribution is -2.24. The molecule has 0 radical (unpaired) electrons. The van der Waals surface area contributed by atoms with Gasteiger partial charge in [-0.15, -0.1) is 0 Å². The summed E-state index contributed by atoms with van der Waals surface area (Å²) >= 11 is 0. The van der Waals surface area contributed by atoms with Crippen LogP contribution in [0.5, 0.6) is 5.75 Å². The monoisotopic (exact) mass is 283 g/mol. The molecule has 0 aliphatic carbocycles. The van der Waals surface area contributed by atoms with Crippen LogP contribution in [0.3, 0.4) is 0 Å². The molecule has 1 aromatic carbocycles. The number of amides is 1. The normalized spacial score (nSPS) is 10.2. The predicted octanol–water partition coefficient (Wildman–Crippen LogP) is 2.13. The molecular weight excluding hydrogens is 261 g/mol. The molecule has 4 N–H and O–H groups in total. The number of anilines is 2. The summed E-state index contributed by atoms with van der Waals surface area (Å²) in [6, 6.07) is 2.75. The maximum Gasteiger partial charge on any atom is 0.221 e. The number of nitrogens with two attached hydrogens (primary N) is 1. The van der Waals surface area contributed by atoms with Crippen molar-refractivity contribution < 1.29 is 13.9 Å². The Morgan fingerprint density at radius 1 is 1.40 bits per heavy atom. The summed E-state index contributed by atoms with van der Waals surface area (Å²) in [7, 11) is 0. The van der Waals surface area contributed by atoms with Gasteiger partial charge < -0.3 is 21.1 Å². The first kappa shape index (κ1) is 16.1. The van der Waals surface area contributed by atoms with E-state index in [-0.39, 0.29) is 11.7 Å². The molecule has 20 heavy (non-hydrogen) atoms. The van der Waals surface area contributed by atoms with Crippen LogP contribution in [0.1, 0.15) is 26.7 Å². The van der Waals surface area contributed by atoms with Crippen LogP contribution < -0.4 is 21.1 Å². The van der Waals surface area contributed by atoms with Crippen LogP contribution in [-0.4, -0.2) is 25.6 Å². The zero-order chi connectivity index (χ0) is 15.0. The number of ether oxygens (including phenoxy) is 1. The van der Waals surface area contributed by atoms with Crippen LogP contribution in [0, 0.1) is 5.82 Å². The molecule has 1 rings (SSSR count). The van der Waals surface area contributed by atoms with Gasteiger partial charge in [-0.3, -0.25) is 4.79 Å². The highest BCUT2D eigenvalue weighted by molar-refractivity contribution is 5.77. The zero-order valence-electron chi connectivity index (χ0n) is 12.0. The van der Waals surface area contributed by atoms with E-state index in [1.165, 1.54) is 12.1 Å². The number of carbonyl (C=O) groups excluding carboxylic acids is 1. The van der Waals surface area contributed by atoms with Crippen molar-refractivity contribution in [1.82, 2.24) is 5.32 Å². The summed E-state index contributed by atoms with van der Waals surface area (Å²) in [5.41, 5.74) is 6.60. The Hall–Kier alpha value is -1.98. The zero-order valence-corrected chi connectivity index (χ0v) is 12.0. The molecule has 0 unspecified atom stereocenters. The molecular formula is C14H22FN3O2. The summed E-state index contributed by atoms with van der Waals surface area (Å²) in [6.45, 7) is 5.28. The lowest BCUT2D eigenvalue weighted by Gasteiger charge is -2.13. The molecule has 0 bridgehead atoms. The molecule has 1 amide bonds. The predicted molar refractivity (Wildman–Crippen MR) is 78.4 cm³/mol. The molecule has 0 aliphatic rings. The Kier molecular flexibility index (Phi) is 6.63. The fourth-order valence-electron chi connectivity index (χ4n) is 1.64. The lowest BCUT2D eigenvalue weighted by atomic mass is 10.2. The number of halogens is 1. The van der Waals surface area contributed by atoms with E-state index in [9.17, 15) is 9.18 Å². The van der Waals surface area contributed by atoms with Crippen molar-refractivity contribution in [3.63, 3.8) is 0 Å². The van der Waals surface area contributed by atoms with Gasteiger partial charge >= 0.3 is 0 Å². The largest absolute Gasteiger partial charge is 0.490 e. The van der Waals surface area contributed by atoms with E-state index in [1.54, 1.807) is 0 Å². The van der Waals surface area contributed by atoms with Gasteiger partial charge in [0.2, 0.25) is 5.91 Å². The fraction of sp³-hybridized carbons (Fsp3) is 0.500. The quantitative estimate of drug-likeness (QED) is 0.639. The Balaban J connectivity index is 2.62. The van der Waals surface area contributed by atoms with Crippen LogP contribution in [-0.2, 0) is 4.79 Å². The summed E-state index contributed by atoms with van der Waals surface area (Å²) in [5.74, 6) is -0.352. The first-order valence-corrected chi connectivity index (χ1v) is 6.80. The van der Waals surface area contributed by atoms with Crippen LogP contribution in [0.2, 0.25) is 0 Å². The highest BCUT2D eigenvalue weighted by atomic mass is 19.1. The molecule has 0 heterocycles. The maximum absolute atomic E-state index is 13.6. The number of hydrogen-bond donors (Lipinski definition) is 3. The first-order chi connectivity index (χ1) is 9.58. The summed E-state index contributed by atoms with van der Waals surface area (Å²) in [5, 5.41) is 5.71. The third kappa shape index (κ3) is 4.95. The molecule has 0 atom stereocenters. The number of rotatable bonds is 8. The second-order valence-corrected chi connectivity index (χ2v) is 4.35. The second-order valence-electron chi connectivity index (χ2n) is 4.35. The first-order valence-electron chi connectivity index (χ1n) is 6.80. The number of benzene rings is 1. The van der Waals surface area contributed by atoms with Gasteiger partial charge in [-0.1, -0.05) is 6.92 Å². The molecule has 1 aromatic rings. The summed E-state index contributed by atoms with van der Waals surface area (Å²) in [6.07, 6.45) is 1.12. The van der Waals surface area contributed by atoms with Crippen molar-refractivity contribution in [1.29, 1.82) is 0 Å². The minimum atomic E-state index is -0.481. The highest BCUT2D eigenvalue weighted by Crippen LogP contribution is 2.28. The fourth-order valence-corrected chi connectivity index (χ4v) is 1.64. The smallest absolute Gasteiger partial charge is 0.221 e. The third-order valence-electron chi connectivity index (χ3n) is 2.61. The average molecular weight is 283 g/mol. The molecule has 6 heteroatoms. The topological polar surface area (TPSA) is 76.4 Å². The van der Waals surface area contributed by atoms with E-state index in [4.69, 9.17) is 10.5 Å². The molecule has 0 aromatic heterocycles. The minimum Gasteiger partial charge on any atom is -0.490 e. The van der Waals surface area contributed by atoms with Gasteiger partial charge in [0.1, 0.15) is 0 Å². The van der Waals surface area contributed by atoms with Gasteiger partial charge in [-0.05, 0) is 13.3 Å². The van der Waals surface area contributed by atoms with Gasteiger partial charge in [0.05, 0.1) is 18.0 Å². The van der Waals surface area contributed by atoms with Gasteiger partial charge in [0, 0.05) is 31.6 Å². The lowest BCUT2D eigenvalue weighted by molar-refractivity contribution is -0.120. The second kappa shape index (κ2) is 8.24. The van der Waals surface area contributed by atoms with Gasteiger partial charge in [0.25, 0.3) is 0 Å². The molecule has 112 valence electrons. The van der Waals surface area contributed by atoms with Crippen molar-refractivity contribution in [2.45, 2.75) is 26.7 Å². The summed E-state index contributed by atoms with van der Waals surface area (Å²) < 4.78 is 18.9. The SMILES string of the molecule is CCCOc1cc(NCCC(=O)NCC)c(N)cc1F. The van der Waals surface area contributed by atoms with Crippen LogP contribution in [0.25, 0.3) is 0 Å². The standard InChI is InChI=1S/C14H22FN3O2/c1-3-7-20-13-9-12(11(16)8-10(13)15)18-6-5-14(19)17-4-2/h8-9,18H,3-7,16H2,1-2H3,(H,17,19). The molecule has 0 saturated carbocycles. The molecule has 0 saturated heterocycles. The average Bonchev–Trinajstić information content (AvgIpc) is 2.40. The maximum atomic E-state index is 13.6. The molecule has 0 spiro atoms. The summed E-state index contributed by atoms with van der Waals surface area (Å²) in [4.78, 5) is 11.3. The minimum absolute atomic E-state index is 0.0388. The van der Waals surface area contributed by atoms with Gasteiger partial charge in [-0.2, -0.15) is 0 Å². The van der Waals surface area contributed by atoms with E-state index in [2.05, 4.69) is 10.6 Å². The van der Waals surface area contributed by atoms with Crippen molar-refractivity contribution in [3.05, 3.63) is 17.9 Å². The number of carbonyl (C=O) groups is 1. The van der Waals surface area contributed by atoms with E-state index in [1.807, 2.05) is 13.8 Å². The number of hydrogen-bond acceptors (Lipinski definition) is 4. The Labute approximate surface area is 118 Å². The number of nitrogen functional groups attached to an aromatic ring is 1. The highest BCUT2D eigenvalue weighted by Gasteiger charge is 2.09. The van der Waals surface area contributed by atoms with Crippen molar-refractivity contribution in [3.8, 4) is 5.75 Å². The van der Waals surface area contributed by atoms with Crippen LogP contribution in [0.15, 0.2) is 12.1 Å². The van der Waals surface area contributed by atoms with Crippen molar-refractivity contribution in [2.75, 3.05) is 30.7 Å². The molecule has 5 nitrogen and oxygen atoms in total. The van der Waals surface area contributed by atoms with Gasteiger partial charge in [-0.25, -0.2) is 4.39 Å². The molecule has 0 aliphatic heterocycles. The van der Waals surface area contributed by atoms with Crippen LogP contribution >= 0.6 is 0 Å². The number of nitrogens with one attached hydrogen (secondary N) is 2. The Morgan fingerprint density at radius 2 is 2.15 bits per heavy atom. The Morgan fingerprint density at radius 3 is 2.80 bits per heavy atom. The van der Waals surface area contributed by atoms with Crippen LogP contribution in [0.4, 0.5) is 15.8 Å². The van der Waals surface area contributed by atoms with E-state index < -0.39 is 5.82 Å². The van der Waals surface area contributed by atoms with Crippen molar-refractivity contribution in [2.24, 2.45) is 0 Å². The van der Waals surface area contributed by atoms with E-state index in [0.717, 1.165) is 6.42 Å². The van der Waals surface area contributed by atoms with E-state index in [0.29, 0.717) is 37.5 Å². The third-order valence-corrected chi connectivity index (χ3v) is 2.61. The van der Waals surface area contributed by atoms with E-state index >= 15 is 0 Å².